The summed E-state index contributed by atoms with van der Waals surface area (Å²) in [5.41, 5.74) is 2.14. The number of benzene rings is 1. The van der Waals surface area contributed by atoms with Crippen LogP contribution in [0, 0.1) is 0 Å². The Morgan fingerprint density at radius 3 is 2.68 bits per heavy atom. The van der Waals surface area contributed by atoms with E-state index in [0.29, 0.717) is 23.8 Å². The molecule has 0 saturated heterocycles. The van der Waals surface area contributed by atoms with Gasteiger partial charge in [0.2, 0.25) is 5.95 Å². The largest absolute Gasteiger partial charge is 0.494 e. The van der Waals surface area contributed by atoms with E-state index in [1.54, 1.807) is 4.68 Å². The molecule has 1 unspecified atom stereocenters. The van der Waals surface area contributed by atoms with Crippen molar-refractivity contribution in [1.29, 1.82) is 0 Å². The number of aromatic nitrogens is 4. The minimum Gasteiger partial charge on any atom is -0.494 e. The summed E-state index contributed by atoms with van der Waals surface area (Å²) in [6.07, 6.45) is 5.25. The summed E-state index contributed by atoms with van der Waals surface area (Å²) in [4.78, 5) is 13.1. The van der Waals surface area contributed by atoms with Crippen molar-refractivity contribution in [2.24, 2.45) is 0 Å². The minimum absolute atomic E-state index is 0.0159. The van der Waals surface area contributed by atoms with E-state index >= 15 is 0 Å². The van der Waals surface area contributed by atoms with Crippen LogP contribution in [0.1, 0.15) is 57.6 Å². The van der Waals surface area contributed by atoms with Crippen LogP contribution in [0.5, 0.6) is 5.75 Å². The van der Waals surface area contributed by atoms with Crippen molar-refractivity contribution >= 4 is 11.9 Å². The van der Waals surface area contributed by atoms with E-state index in [0.717, 1.165) is 37.0 Å². The van der Waals surface area contributed by atoms with Crippen molar-refractivity contribution in [2.45, 2.75) is 58.1 Å². The van der Waals surface area contributed by atoms with Gasteiger partial charge in [-0.1, -0.05) is 23.7 Å². The predicted molar refractivity (Wildman–Crippen MR) is 103 cm³/mol. The van der Waals surface area contributed by atoms with Gasteiger partial charge in [-0.15, -0.1) is 0 Å². The Kier molecular flexibility index (Phi) is 5.27. The third-order valence-electron chi connectivity index (χ3n) is 5.27. The molecular weight excluding hydrogens is 358 g/mol. The van der Waals surface area contributed by atoms with Gasteiger partial charge in [0.05, 0.1) is 12.2 Å². The Morgan fingerprint density at radius 1 is 1.21 bits per heavy atom. The molecule has 1 aliphatic carbocycles. The van der Waals surface area contributed by atoms with E-state index in [4.69, 9.17) is 9.47 Å². The van der Waals surface area contributed by atoms with Gasteiger partial charge in [0.25, 0.3) is 0 Å². The fourth-order valence-electron chi connectivity index (χ4n) is 3.90. The van der Waals surface area contributed by atoms with Crippen LogP contribution in [0.2, 0.25) is 0 Å². The molecule has 1 saturated carbocycles. The van der Waals surface area contributed by atoms with Crippen LogP contribution in [-0.2, 0) is 9.53 Å². The number of carbonyl (C=O) groups is 1. The molecule has 1 aliphatic heterocycles. The number of esters is 1. The van der Waals surface area contributed by atoms with Gasteiger partial charge in [-0.3, -0.25) is 0 Å². The Hall–Kier alpha value is -2.90. The number of rotatable bonds is 5. The van der Waals surface area contributed by atoms with Gasteiger partial charge in [0.1, 0.15) is 17.9 Å². The molecule has 1 N–H and O–H groups in total. The molecule has 28 heavy (non-hydrogen) atoms. The molecule has 4 rings (SSSR count). The van der Waals surface area contributed by atoms with E-state index in [-0.39, 0.29) is 12.1 Å². The molecule has 148 valence electrons. The first-order chi connectivity index (χ1) is 13.7. The molecule has 1 aromatic carbocycles. The van der Waals surface area contributed by atoms with Crippen molar-refractivity contribution in [1.82, 2.24) is 20.2 Å². The summed E-state index contributed by atoms with van der Waals surface area (Å²) < 4.78 is 13.0. The molecule has 1 aromatic heterocycles. The number of carbonyl (C=O) groups excluding carboxylic acids is 1. The maximum atomic E-state index is 13.1. The first kappa shape index (κ1) is 18.5. The molecule has 1 atom stereocenters. The van der Waals surface area contributed by atoms with Crippen molar-refractivity contribution in [3.63, 3.8) is 0 Å². The number of allylic oxidation sites excluding steroid dienone is 1. The fourth-order valence-corrected chi connectivity index (χ4v) is 3.90. The Morgan fingerprint density at radius 2 is 1.96 bits per heavy atom. The predicted octanol–water partition coefficient (Wildman–Crippen LogP) is 3.24. The van der Waals surface area contributed by atoms with Crippen molar-refractivity contribution in [3.05, 3.63) is 41.1 Å². The monoisotopic (exact) mass is 383 g/mol. The second kappa shape index (κ2) is 8.00. The van der Waals surface area contributed by atoms with Gasteiger partial charge in [-0.05, 0) is 67.7 Å². The molecule has 0 spiro atoms. The van der Waals surface area contributed by atoms with Crippen LogP contribution in [0.3, 0.4) is 0 Å². The number of fused-ring (bicyclic) bond motifs is 1. The van der Waals surface area contributed by atoms with Crippen molar-refractivity contribution < 1.29 is 14.3 Å². The second-order valence-electron chi connectivity index (χ2n) is 7.18. The number of ether oxygens (including phenoxy) is 2. The van der Waals surface area contributed by atoms with Gasteiger partial charge in [-0.25, -0.2) is 4.79 Å². The maximum absolute atomic E-state index is 13.1. The van der Waals surface area contributed by atoms with Gasteiger partial charge in [0.15, 0.2) is 0 Å². The molecule has 8 heteroatoms. The summed E-state index contributed by atoms with van der Waals surface area (Å²) in [7, 11) is 0. The van der Waals surface area contributed by atoms with Crippen LogP contribution < -0.4 is 10.1 Å². The van der Waals surface area contributed by atoms with Crippen molar-refractivity contribution in [2.75, 3.05) is 11.9 Å². The molecular formula is C20H25N5O3. The lowest BCUT2D eigenvalue weighted by Crippen LogP contribution is -2.32. The van der Waals surface area contributed by atoms with Crippen LogP contribution in [0.4, 0.5) is 5.95 Å². The van der Waals surface area contributed by atoms with Gasteiger partial charge < -0.3 is 14.8 Å². The van der Waals surface area contributed by atoms with E-state index < -0.39 is 6.04 Å². The third-order valence-corrected chi connectivity index (χ3v) is 5.27. The Balaban J connectivity index is 1.66. The first-order valence-electron chi connectivity index (χ1n) is 9.86. The van der Waals surface area contributed by atoms with E-state index in [1.165, 1.54) is 6.42 Å². The van der Waals surface area contributed by atoms with Crippen LogP contribution in [0.15, 0.2) is 35.5 Å². The van der Waals surface area contributed by atoms with Crippen molar-refractivity contribution in [3.8, 4) is 5.75 Å². The first-order valence-corrected chi connectivity index (χ1v) is 9.86. The average molecular weight is 383 g/mol. The summed E-state index contributed by atoms with van der Waals surface area (Å²) in [5, 5.41) is 15.0. The SMILES string of the molecule is CCOc1ccc(C2C(C(=O)OC3CCCCC3)=C(C)Nc3nnnn32)cc1. The van der Waals surface area contributed by atoms with Gasteiger partial charge in [-0.2, -0.15) is 4.68 Å². The van der Waals surface area contributed by atoms with E-state index in [1.807, 2.05) is 38.1 Å². The van der Waals surface area contributed by atoms with Crippen LogP contribution in [-0.4, -0.2) is 38.9 Å². The average Bonchev–Trinajstić information content (AvgIpc) is 3.16. The molecule has 1 fully saturated rings. The highest BCUT2D eigenvalue weighted by Gasteiger charge is 2.36. The lowest BCUT2D eigenvalue weighted by Gasteiger charge is -2.29. The van der Waals surface area contributed by atoms with E-state index in [2.05, 4.69) is 20.8 Å². The quantitative estimate of drug-likeness (QED) is 0.793. The molecule has 0 bridgehead atoms. The smallest absolute Gasteiger partial charge is 0.338 e. The summed E-state index contributed by atoms with van der Waals surface area (Å²) in [6.45, 7) is 4.40. The van der Waals surface area contributed by atoms with Gasteiger partial charge >= 0.3 is 5.97 Å². The van der Waals surface area contributed by atoms with E-state index in [9.17, 15) is 4.79 Å². The molecule has 0 amide bonds. The highest BCUT2D eigenvalue weighted by molar-refractivity contribution is 5.92. The summed E-state index contributed by atoms with van der Waals surface area (Å²) in [6, 6.07) is 7.22. The number of nitrogens with one attached hydrogen (secondary N) is 1. The summed E-state index contributed by atoms with van der Waals surface area (Å²) in [5.74, 6) is 0.978. The third kappa shape index (κ3) is 3.58. The molecule has 0 radical (unpaired) electrons. The number of hydrogen-bond acceptors (Lipinski definition) is 7. The van der Waals surface area contributed by atoms with Crippen LogP contribution >= 0.6 is 0 Å². The maximum Gasteiger partial charge on any atom is 0.338 e. The Labute approximate surface area is 163 Å². The van der Waals surface area contributed by atoms with Crippen LogP contribution in [0.25, 0.3) is 0 Å². The highest BCUT2D eigenvalue weighted by Crippen LogP contribution is 2.36. The fraction of sp³-hybridized carbons (Fsp3) is 0.500. The number of nitrogens with zero attached hydrogens (tertiary/aromatic N) is 4. The standard InChI is InChI=1S/C20H25N5O3/c1-3-27-15-11-9-14(10-12-15)18-17(13(2)21-20-22-23-24-25(18)20)19(26)28-16-7-5-4-6-8-16/h9-12,16,18H,3-8H2,1-2H3,(H,21,22,24). The molecule has 2 aromatic rings. The lowest BCUT2D eigenvalue weighted by atomic mass is 9.95. The summed E-state index contributed by atoms with van der Waals surface area (Å²) >= 11 is 0. The number of tetrazole rings is 1. The zero-order valence-corrected chi connectivity index (χ0v) is 16.2. The zero-order chi connectivity index (χ0) is 19.5. The second-order valence-corrected chi connectivity index (χ2v) is 7.18. The number of anilines is 1. The topological polar surface area (TPSA) is 91.2 Å². The zero-order valence-electron chi connectivity index (χ0n) is 16.2. The van der Waals surface area contributed by atoms with Gasteiger partial charge in [0, 0.05) is 5.70 Å². The lowest BCUT2D eigenvalue weighted by molar-refractivity contribution is -0.146. The molecule has 8 nitrogen and oxygen atoms in total. The molecule has 2 heterocycles. The Bertz CT molecular complexity index is 868. The molecule has 2 aliphatic rings. The minimum atomic E-state index is -0.446. The number of hydrogen-bond donors (Lipinski definition) is 1. The highest BCUT2D eigenvalue weighted by atomic mass is 16.5. The normalized spacial score (nSPS) is 19.7.